The van der Waals surface area contributed by atoms with Gasteiger partial charge < -0.3 is 15.4 Å². The lowest BCUT2D eigenvalue weighted by atomic mass is 10.1. The molecule has 0 saturated carbocycles. The SMILES string of the molecule is CCNC(=NCc1ccc(C)cc1C)NC1CCc2nc(COC)nn2C1.I. The molecular formula is C20H31IN6O. The molecule has 2 aromatic rings. The van der Waals surface area contributed by atoms with E-state index in [2.05, 4.69) is 59.7 Å². The van der Waals surface area contributed by atoms with Crippen molar-refractivity contribution in [2.45, 2.75) is 59.4 Å². The van der Waals surface area contributed by atoms with E-state index in [1.807, 2.05) is 4.68 Å². The van der Waals surface area contributed by atoms with Gasteiger partial charge in [-0.25, -0.2) is 14.7 Å². The minimum absolute atomic E-state index is 0. The second kappa shape index (κ2) is 10.8. The average molecular weight is 498 g/mol. The van der Waals surface area contributed by atoms with Gasteiger partial charge in [0.1, 0.15) is 12.4 Å². The zero-order valence-corrected chi connectivity index (χ0v) is 19.5. The van der Waals surface area contributed by atoms with Gasteiger partial charge in [-0.2, -0.15) is 5.10 Å². The van der Waals surface area contributed by atoms with Crippen LogP contribution in [-0.2, 0) is 30.9 Å². The van der Waals surface area contributed by atoms with E-state index in [0.717, 1.165) is 43.5 Å². The van der Waals surface area contributed by atoms with Crippen LogP contribution in [0.2, 0.25) is 0 Å². The highest BCUT2D eigenvalue weighted by molar-refractivity contribution is 14.0. The predicted molar refractivity (Wildman–Crippen MR) is 122 cm³/mol. The highest BCUT2D eigenvalue weighted by atomic mass is 127. The first-order valence-corrected chi connectivity index (χ1v) is 9.61. The van der Waals surface area contributed by atoms with Gasteiger partial charge in [0.2, 0.25) is 0 Å². The number of aromatic nitrogens is 3. The van der Waals surface area contributed by atoms with Gasteiger partial charge in [-0.05, 0) is 38.3 Å². The topological polar surface area (TPSA) is 76.4 Å². The van der Waals surface area contributed by atoms with Crippen molar-refractivity contribution in [1.82, 2.24) is 25.4 Å². The van der Waals surface area contributed by atoms with Gasteiger partial charge in [-0.15, -0.1) is 24.0 Å². The molecule has 0 spiro atoms. The summed E-state index contributed by atoms with van der Waals surface area (Å²) in [6.45, 7) is 9.09. The maximum absolute atomic E-state index is 5.14. The number of benzene rings is 1. The van der Waals surface area contributed by atoms with Crippen molar-refractivity contribution < 1.29 is 4.74 Å². The summed E-state index contributed by atoms with van der Waals surface area (Å²) in [6, 6.07) is 6.79. The Labute approximate surface area is 184 Å². The van der Waals surface area contributed by atoms with Crippen LogP contribution in [0.3, 0.4) is 0 Å². The van der Waals surface area contributed by atoms with E-state index in [1.165, 1.54) is 16.7 Å². The smallest absolute Gasteiger partial charge is 0.191 e. The molecule has 1 atom stereocenters. The number of rotatable bonds is 6. The van der Waals surface area contributed by atoms with E-state index in [1.54, 1.807) is 7.11 Å². The van der Waals surface area contributed by atoms with Gasteiger partial charge in [-0.1, -0.05) is 23.8 Å². The van der Waals surface area contributed by atoms with Crippen molar-refractivity contribution >= 4 is 29.9 Å². The van der Waals surface area contributed by atoms with Gasteiger partial charge in [-0.3, -0.25) is 0 Å². The number of methoxy groups -OCH3 is 1. The first-order chi connectivity index (χ1) is 13.1. The van der Waals surface area contributed by atoms with Crippen molar-refractivity contribution in [3.8, 4) is 0 Å². The van der Waals surface area contributed by atoms with Gasteiger partial charge in [0.05, 0.1) is 13.1 Å². The summed E-state index contributed by atoms with van der Waals surface area (Å²) < 4.78 is 7.13. The minimum atomic E-state index is 0. The molecule has 8 heteroatoms. The number of aryl methyl sites for hydroxylation is 3. The molecule has 2 heterocycles. The number of hydrogen-bond donors (Lipinski definition) is 2. The van der Waals surface area contributed by atoms with E-state index >= 15 is 0 Å². The van der Waals surface area contributed by atoms with Crippen molar-refractivity contribution in [3.05, 3.63) is 46.5 Å². The van der Waals surface area contributed by atoms with Crippen LogP contribution >= 0.6 is 24.0 Å². The first-order valence-electron chi connectivity index (χ1n) is 9.61. The number of aliphatic imine (C=N–C) groups is 1. The molecule has 0 saturated heterocycles. The Hall–Kier alpha value is -1.68. The van der Waals surface area contributed by atoms with Crippen LogP contribution in [0.1, 0.15) is 41.7 Å². The van der Waals surface area contributed by atoms with E-state index in [0.29, 0.717) is 13.2 Å². The van der Waals surface area contributed by atoms with E-state index in [4.69, 9.17) is 9.73 Å². The summed E-state index contributed by atoms with van der Waals surface area (Å²) in [5, 5.41) is 11.5. The molecular weight excluding hydrogens is 467 g/mol. The summed E-state index contributed by atoms with van der Waals surface area (Å²) in [5.41, 5.74) is 3.82. The summed E-state index contributed by atoms with van der Waals surface area (Å²) in [4.78, 5) is 9.32. The Morgan fingerprint density at radius 3 is 2.89 bits per heavy atom. The van der Waals surface area contributed by atoms with Gasteiger partial charge in [0.25, 0.3) is 0 Å². The molecule has 1 unspecified atom stereocenters. The summed E-state index contributed by atoms with van der Waals surface area (Å²) in [5.74, 6) is 2.64. The van der Waals surface area contributed by atoms with Crippen LogP contribution < -0.4 is 10.6 Å². The monoisotopic (exact) mass is 498 g/mol. The molecule has 1 aromatic carbocycles. The fourth-order valence-corrected chi connectivity index (χ4v) is 3.37. The molecule has 7 nitrogen and oxygen atoms in total. The molecule has 0 bridgehead atoms. The lowest BCUT2D eigenvalue weighted by molar-refractivity contribution is 0.177. The first kappa shape index (κ1) is 22.6. The third-order valence-corrected chi connectivity index (χ3v) is 4.77. The zero-order chi connectivity index (χ0) is 19.2. The highest BCUT2D eigenvalue weighted by Gasteiger charge is 2.22. The quantitative estimate of drug-likeness (QED) is 0.364. The maximum atomic E-state index is 5.14. The Balaban J connectivity index is 0.00000280. The Kier molecular flexibility index (Phi) is 8.68. The standard InChI is InChI=1S/C20H30N6O.HI/c1-5-21-20(22-11-16-7-6-14(2)10-15(16)3)23-17-8-9-19-24-18(13-27-4)25-26(19)12-17;/h6-7,10,17H,5,8-9,11-13H2,1-4H3,(H2,21,22,23);1H. The van der Waals surface area contributed by atoms with Crippen molar-refractivity contribution in [2.24, 2.45) is 4.99 Å². The molecule has 1 aliphatic rings. The molecule has 154 valence electrons. The number of nitrogens with one attached hydrogen (secondary N) is 2. The van der Waals surface area contributed by atoms with Gasteiger partial charge in [0, 0.05) is 26.1 Å². The Morgan fingerprint density at radius 1 is 1.36 bits per heavy atom. The number of fused-ring (bicyclic) bond motifs is 1. The fourth-order valence-electron chi connectivity index (χ4n) is 3.37. The predicted octanol–water partition coefficient (Wildman–Crippen LogP) is 2.73. The number of halogens is 1. The van der Waals surface area contributed by atoms with Gasteiger partial charge >= 0.3 is 0 Å². The number of hydrogen-bond acceptors (Lipinski definition) is 4. The number of nitrogens with zero attached hydrogens (tertiary/aromatic N) is 4. The molecule has 0 amide bonds. The largest absolute Gasteiger partial charge is 0.377 e. The zero-order valence-electron chi connectivity index (χ0n) is 17.2. The summed E-state index contributed by atoms with van der Waals surface area (Å²) in [6.07, 6.45) is 1.92. The minimum Gasteiger partial charge on any atom is -0.377 e. The molecule has 0 fully saturated rings. The van der Waals surface area contributed by atoms with Crippen LogP contribution in [0.25, 0.3) is 0 Å². The fraction of sp³-hybridized carbons (Fsp3) is 0.550. The average Bonchev–Trinajstić information content (AvgIpc) is 3.03. The molecule has 1 aliphatic heterocycles. The molecule has 0 radical (unpaired) electrons. The number of guanidine groups is 1. The molecule has 3 rings (SSSR count). The maximum Gasteiger partial charge on any atom is 0.191 e. The third kappa shape index (κ3) is 5.91. The Bertz CT molecular complexity index is 804. The lowest BCUT2D eigenvalue weighted by Gasteiger charge is -2.25. The normalized spacial score (nSPS) is 16.3. The van der Waals surface area contributed by atoms with Crippen LogP contribution in [0, 0.1) is 13.8 Å². The van der Waals surface area contributed by atoms with Crippen LogP contribution in [-0.4, -0.2) is 40.4 Å². The molecule has 0 aliphatic carbocycles. The lowest BCUT2D eigenvalue weighted by Crippen LogP contribution is -2.47. The Morgan fingerprint density at radius 2 is 2.18 bits per heavy atom. The second-order valence-electron chi connectivity index (χ2n) is 7.06. The van der Waals surface area contributed by atoms with Crippen molar-refractivity contribution in [1.29, 1.82) is 0 Å². The summed E-state index contributed by atoms with van der Waals surface area (Å²) >= 11 is 0. The van der Waals surface area contributed by atoms with Crippen LogP contribution in [0.4, 0.5) is 0 Å². The molecule has 2 N–H and O–H groups in total. The van der Waals surface area contributed by atoms with E-state index < -0.39 is 0 Å². The number of ether oxygens (including phenoxy) is 1. The van der Waals surface area contributed by atoms with E-state index in [9.17, 15) is 0 Å². The van der Waals surface area contributed by atoms with Crippen LogP contribution in [0.5, 0.6) is 0 Å². The molecule has 1 aromatic heterocycles. The highest BCUT2D eigenvalue weighted by Crippen LogP contribution is 2.14. The van der Waals surface area contributed by atoms with Crippen molar-refractivity contribution in [3.63, 3.8) is 0 Å². The molecule has 28 heavy (non-hydrogen) atoms. The third-order valence-electron chi connectivity index (χ3n) is 4.77. The van der Waals surface area contributed by atoms with Crippen molar-refractivity contribution in [2.75, 3.05) is 13.7 Å². The van der Waals surface area contributed by atoms with Gasteiger partial charge in [0.15, 0.2) is 11.8 Å². The van der Waals surface area contributed by atoms with Crippen LogP contribution in [0.15, 0.2) is 23.2 Å². The second-order valence-corrected chi connectivity index (χ2v) is 7.06. The summed E-state index contributed by atoms with van der Waals surface area (Å²) in [7, 11) is 1.67. The van der Waals surface area contributed by atoms with E-state index in [-0.39, 0.29) is 30.0 Å².